The summed E-state index contributed by atoms with van der Waals surface area (Å²) in [6, 6.07) is 17.6. The number of benzene rings is 2. The van der Waals surface area contributed by atoms with Crippen molar-refractivity contribution in [3.8, 4) is 0 Å². The fourth-order valence-corrected chi connectivity index (χ4v) is 4.98. The maximum Gasteiger partial charge on any atom is 0.408 e. The Bertz CT molecular complexity index is 1140. The Morgan fingerprint density at radius 2 is 1.56 bits per heavy atom. The van der Waals surface area contributed by atoms with Crippen LogP contribution in [0.4, 0.5) is 4.79 Å². The van der Waals surface area contributed by atoms with E-state index in [0.29, 0.717) is 0 Å². The molecule has 2 aromatic rings. The number of hydrogen-bond donors (Lipinski definition) is 1. The zero-order valence-electron chi connectivity index (χ0n) is 22.5. The molecule has 10 nitrogen and oxygen atoms in total. The summed E-state index contributed by atoms with van der Waals surface area (Å²) in [7, 11) is 0. The molecule has 1 N–H and O–H groups in total. The fourth-order valence-electron chi connectivity index (χ4n) is 4.98. The molecule has 0 aromatic heterocycles. The molecule has 2 aromatic carbocycles. The van der Waals surface area contributed by atoms with Gasteiger partial charge in [0.2, 0.25) is 0 Å². The average Bonchev–Trinajstić information content (AvgIpc) is 3.52. The lowest BCUT2D eigenvalue weighted by atomic mass is 10.0. The first kappa shape index (κ1) is 27.5. The molecule has 6 atom stereocenters. The van der Waals surface area contributed by atoms with Gasteiger partial charge in [0.25, 0.3) is 0 Å². The van der Waals surface area contributed by atoms with Crippen molar-refractivity contribution in [1.82, 2.24) is 5.32 Å². The third kappa shape index (κ3) is 6.77. The van der Waals surface area contributed by atoms with Gasteiger partial charge in [0.05, 0.1) is 6.61 Å². The van der Waals surface area contributed by atoms with Crippen molar-refractivity contribution >= 4 is 12.1 Å². The molecule has 0 radical (unpaired) electrons. The van der Waals surface area contributed by atoms with Crippen LogP contribution in [0.3, 0.4) is 0 Å². The second-order valence-corrected chi connectivity index (χ2v) is 10.8. The zero-order chi connectivity index (χ0) is 27.6. The van der Waals surface area contributed by atoms with E-state index in [1.807, 2.05) is 60.7 Å². The summed E-state index contributed by atoms with van der Waals surface area (Å²) in [5.41, 5.74) is 1.67. The molecule has 10 heteroatoms. The van der Waals surface area contributed by atoms with E-state index in [9.17, 15) is 9.59 Å². The lowest BCUT2D eigenvalue weighted by Gasteiger charge is -2.30. The van der Waals surface area contributed by atoms with Crippen LogP contribution in [-0.2, 0) is 51.0 Å². The molecule has 0 aliphatic carbocycles. The van der Waals surface area contributed by atoms with Gasteiger partial charge in [-0.3, -0.25) is 0 Å². The molecule has 39 heavy (non-hydrogen) atoms. The van der Waals surface area contributed by atoms with Gasteiger partial charge in [0.1, 0.15) is 24.9 Å². The number of alkyl carbamates (subject to hydrolysis) is 1. The molecule has 1 amide bonds. The minimum Gasteiger partial charge on any atom is -0.455 e. The number of ether oxygens (including phenoxy) is 7. The summed E-state index contributed by atoms with van der Waals surface area (Å²) in [5.74, 6) is -2.37. The maximum absolute atomic E-state index is 13.6. The van der Waals surface area contributed by atoms with E-state index in [1.54, 1.807) is 27.7 Å². The largest absolute Gasteiger partial charge is 0.455 e. The Hall–Kier alpha value is -3.02. The van der Waals surface area contributed by atoms with Gasteiger partial charge in [-0.05, 0) is 38.8 Å². The van der Waals surface area contributed by atoms with Crippen molar-refractivity contribution in [2.45, 2.75) is 89.0 Å². The van der Waals surface area contributed by atoms with Gasteiger partial charge in [-0.1, -0.05) is 60.7 Å². The predicted molar refractivity (Wildman–Crippen MR) is 137 cm³/mol. The molecule has 3 saturated heterocycles. The SMILES string of the molecule is CC1(C)O[C@@H]2O[C@H]([C@@H]3COC(C)(C)O3)[C@@H](OC(=O)[C@@H](Cc3ccccc3)NC(=O)OCc3ccccc3)[C@@H]2O1. The number of carbonyl (C=O) groups is 2. The highest BCUT2D eigenvalue weighted by atomic mass is 16.8. The van der Waals surface area contributed by atoms with E-state index < -0.39 is 60.4 Å². The number of fused-ring (bicyclic) bond motifs is 1. The fraction of sp³-hybridized carbons (Fsp3) is 0.517. The van der Waals surface area contributed by atoms with E-state index in [1.165, 1.54) is 0 Å². The number of nitrogens with one attached hydrogen (secondary N) is 1. The molecule has 3 heterocycles. The standard InChI is InChI=1S/C29H35NO9/c1-28(2)34-17-21(37-28)22-23(24-26(36-22)39-29(3,4)38-24)35-25(31)20(15-18-11-7-5-8-12-18)30-27(32)33-16-19-13-9-6-10-14-19/h5-14,20-24,26H,15-17H2,1-4H3,(H,30,32)/t20-,21+,22-,23-,24+,26+/m1/s1. The Kier molecular flexibility index (Phi) is 7.93. The van der Waals surface area contributed by atoms with E-state index in [-0.39, 0.29) is 19.6 Å². The lowest BCUT2D eigenvalue weighted by Crippen LogP contribution is -2.50. The van der Waals surface area contributed by atoms with E-state index >= 15 is 0 Å². The van der Waals surface area contributed by atoms with Gasteiger partial charge in [0.15, 0.2) is 30.1 Å². The first-order valence-electron chi connectivity index (χ1n) is 13.1. The monoisotopic (exact) mass is 541 g/mol. The molecule has 0 saturated carbocycles. The van der Waals surface area contributed by atoms with Crippen molar-refractivity contribution in [3.63, 3.8) is 0 Å². The van der Waals surface area contributed by atoms with Gasteiger partial charge < -0.3 is 38.5 Å². The van der Waals surface area contributed by atoms with E-state index in [2.05, 4.69) is 5.32 Å². The summed E-state index contributed by atoms with van der Waals surface area (Å²) < 4.78 is 41.3. The number of rotatable bonds is 8. The van der Waals surface area contributed by atoms with Gasteiger partial charge in [0, 0.05) is 6.42 Å². The predicted octanol–water partition coefficient (Wildman–Crippen LogP) is 3.46. The van der Waals surface area contributed by atoms with Gasteiger partial charge in [-0.25, -0.2) is 9.59 Å². The van der Waals surface area contributed by atoms with Crippen LogP contribution < -0.4 is 5.32 Å². The lowest BCUT2D eigenvalue weighted by molar-refractivity contribution is -0.235. The summed E-state index contributed by atoms with van der Waals surface area (Å²) in [4.78, 5) is 26.4. The molecule has 3 aliphatic heterocycles. The smallest absolute Gasteiger partial charge is 0.408 e. The quantitative estimate of drug-likeness (QED) is 0.502. The third-order valence-electron chi connectivity index (χ3n) is 6.75. The molecule has 0 unspecified atom stereocenters. The van der Waals surface area contributed by atoms with Crippen LogP contribution in [0.15, 0.2) is 60.7 Å². The first-order valence-corrected chi connectivity index (χ1v) is 13.1. The molecular formula is C29H35NO9. The number of amides is 1. The first-order chi connectivity index (χ1) is 18.6. The summed E-state index contributed by atoms with van der Waals surface area (Å²) in [5, 5.41) is 2.68. The van der Waals surface area contributed by atoms with Crippen LogP contribution in [0.5, 0.6) is 0 Å². The highest BCUT2D eigenvalue weighted by molar-refractivity contribution is 5.82. The second kappa shape index (κ2) is 11.2. The van der Waals surface area contributed by atoms with Crippen LogP contribution in [0.2, 0.25) is 0 Å². The number of hydrogen-bond acceptors (Lipinski definition) is 9. The van der Waals surface area contributed by atoms with Crippen molar-refractivity contribution in [2.24, 2.45) is 0 Å². The van der Waals surface area contributed by atoms with Crippen LogP contribution in [-0.4, -0.2) is 67.0 Å². The van der Waals surface area contributed by atoms with Gasteiger partial charge in [-0.2, -0.15) is 0 Å². The molecule has 210 valence electrons. The molecular weight excluding hydrogens is 506 g/mol. The summed E-state index contributed by atoms with van der Waals surface area (Å²) >= 11 is 0. The maximum atomic E-state index is 13.6. The van der Waals surface area contributed by atoms with E-state index in [0.717, 1.165) is 11.1 Å². The molecule has 5 rings (SSSR count). The minimum absolute atomic E-state index is 0.0666. The number of esters is 1. The molecule has 3 fully saturated rings. The topological polar surface area (TPSA) is 111 Å². The van der Waals surface area contributed by atoms with Crippen LogP contribution >= 0.6 is 0 Å². The van der Waals surface area contributed by atoms with Gasteiger partial charge in [-0.15, -0.1) is 0 Å². The normalized spacial score (nSPS) is 29.4. The van der Waals surface area contributed by atoms with Crippen molar-refractivity contribution in [2.75, 3.05) is 6.61 Å². The summed E-state index contributed by atoms with van der Waals surface area (Å²) in [6.07, 6.45) is -4.00. The molecule has 0 bridgehead atoms. The Morgan fingerprint density at radius 1 is 0.897 bits per heavy atom. The van der Waals surface area contributed by atoms with Gasteiger partial charge >= 0.3 is 12.1 Å². The van der Waals surface area contributed by atoms with Crippen LogP contribution in [0, 0.1) is 0 Å². The highest BCUT2D eigenvalue weighted by Crippen LogP contribution is 2.42. The Labute approximate surface area is 227 Å². The van der Waals surface area contributed by atoms with Crippen molar-refractivity contribution < 1.29 is 42.7 Å². The zero-order valence-corrected chi connectivity index (χ0v) is 22.5. The average molecular weight is 542 g/mol. The third-order valence-corrected chi connectivity index (χ3v) is 6.75. The summed E-state index contributed by atoms with van der Waals surface area (Å²) in [6.45, 7) is 7.47. The molecule has 0 spiro atoms. The number of carbonyl (C=O) groups excluding carboxylic acids is 2. The van der Waals surface area contributed by atoms with Crippen molar-refractivity contribution in [3.05, 3.63) is 71.8 Å². The Balaban J connectivity index is 1.31. The second-order valence-electron chi connectivity index (χ2n) is 10.8. The van der Waals surface area contributed by atoms with E-state index in [4.69, 9.17) is 33.2 Å². The minimum atomic E-state index is -1.03. The van der Waals surface area contributed by atoms with Crippen LogP contribution in [0.1, 0.15) is 38.8 Å². The highest BCUT2D eigenvalue weighted by Gasteiger charge is 2.60. The Morgan fingerprint density at radius 3 is 2.21 bits per heavy atom. The molecule has 3 aliphatic rings. The van der Waals surface area contributed by atoms with Crippen molar-refractivity contribution in [1.29, 1.82) is 0 Å². The van der Waals surface area contributed by atoms with Crippen LogP contribution in [0.25, 0.3) is 0 Å².